The molecule has 0 radical (unpaired) electrons. The van der Waals surface area contributed by atoms with Crippen molar-refractivity contribution in [3.8, 4) is 0 Å². The summed E-state index contributed by atoms with van der Waals surface area (Å²) in [4.78, 5) is 26.4. The first-order valence-electron chi connectivity index (χ1n) is 7.14. The second-order valence-electron chi connectivity index (χ2n) is 4.92. The number of hydrogen-bond acceptors (Lipinski definition) is 5. The molecule has 1 heterocycles. The largest absolute Gasteiger partial charge is 0.477 e. The van der Waals surface area contributed by atoms with Crippen LogP contribution >= 0.6 is 11.3 Å². The molecule has 6 nitrogen and oxygen atoms in total. The molecule has 1 N–H and O–H groups in total. The predicted octanol–water partition coefficient (Wildman–Crippen LogP) is 4.19. The number of thiazole rings is 1. The summed E-state index contributed by atoms with van der Waals surface area (Å²) in [6.45, 7) is 3.13. The van der Waals surface area contributed by atoms with Gasteiger partial charge >= 0.3 is 18.2 Å². The van der Waals surface area contributed by atoms with Crippen molar-refractivity contribution in [2.45, 2.75) is 12.8 Å². The van der Waals surface area contributed by atoms with Gasteiger partial charge in [-0.1, -0.05) is 47.7 Å². The highest BCUT2D eigenvalue weighted by Crippen LogP contribution is 2.37. The molecule has 0 unspecified atom stereocenters. The molecule has 1 aromatic carbocycles. The zero-order valence-electron chi connectivity index (χ0n) is 13.2. The van der Waals surface area contributed by atoms with Crippen LogP contribution in [0.25, 0.3) is 0 Å². The van der Waals surface area contributed by atoms with Crippen molar-refractivity contribution in [2.24, 2.45) is 0 Å². The number of carboxylic acid groups (broad SMARTS) is 1. The van der Waals surface area contributed by atoms with Crippen molar-refractivity contribution in [2.75, 3.05) is 11.4 Å². The Morgan fingerprint density at radius 3 is 2.46 bits per heavy atom. The van der Waals surface area contributed by atoms with E-state index in [4.69, 9.17) is 9.84 Å². The van der Waals surface area contributed by atoms with E-state index in [0.717, 1.165) is 4.90 Å². The standard InChI is InChI=1S/C16H13F3N2O4S/c1-2-8-21(15(24)25-9-10-6-4-3-5-7-10)14-20-12(16(17,18)19)11(26-14)13(22)23/h2-7H,1,8-9H2,(H,22,23). The van der Waals surface area contributed by atoms with Gasteiger partial charge in [0.2, 0.25) is 0 Å². The Hall–Kier alpha value is -2.88. The van der Waals surface area contributed by atoms with Gasteiger partial charge < -0.3 is 9.84 Å². The quantitative estimate of drug-likeness (QED) is 0.753. The summed E-state index contributed by atoms with van der Waals surface area (Å²) >= 11 is 0.239. The van der Waals surface area contributed by atoms with Gasteiger partial charge in [-0.25, -0.2) is 19.5 Å². The minimum Gasteiger partial charge on any atom is -0.477 e. The monoisotopic (exact) mass is 386 g/mol. The number of rotatable bonds is 6. The highest BCUT2D eigenvalue weighted by Gasteiger charge is 2.41. The molecule has 0 aliphatic heterocycles. The number of anilines is 1. The molecule has 1 aromatic heterocycles. The molecule has 0 atom stereocenters. The lowest BCUT2D eigenvalue weighted by molar-refractivity contribution is -0.141. The van der Waals surface area contributed by atoms with Gasteiger partial charge in [-0.2, -0.15) is 13.2 Å². The SMILES string of the molecule is C=CCN(C(=O)OCc1ccccc1)c1nc(C(F)(F)F)c(C(=O)O)s1. The number of aromatic carboxylic acids is 1. The Morgan fingerprint density at radius 2 is 1.96 bits per heavy atom. The lowest BCUT2D eigenvalue weighted by Crippen LogP contribution is -2.31. The second-order valence-corrected chi connectivity index (χ2v) is 5.89. The van der Waals surface area contributed by atoms with Gasteiger partial charge in [-0.15, -0.1) is 6.58 Å². The number of ether oxygens (including phenoxy) is 1. The van der Waals surface area contributed by atoms with Crippen molar-refractivity contribution >= 4 is 28.5 Å². The number of carbonyl (C=O) groups excluding carboxylic acids is 1. The van der Waals surface area contributed by atoms with Crippen molar-refractivity contribution in [3.05, 3.63) is 59.1 Å². The molecule has 0 aliphatic rings. The van der Waals surface area contributed by atoms with Gasteiger partial charge in [0.1, 0.15) is 11.5 Å². The van der Waals surface area contributed by atoms with Gasteiger partial charge in [0.05, 0.1) is 0 Å². The van der Waals surface area contributed by atoms with Crippen molar-refractivity contribution < 1.29 is 32.6 Å². The van der Waals surface area contributed by atoms with E-state index in [2.05, 4.69) is 11.6 Å². The lowest BCUT2D eigenvalue weighted by atomic mass is 10.2. The average molecular weight is 386 g/mol. The number of nitrogens with zero attached hydrogens (tertiary/aromatic N) is 2. The van der Waals surface area contributed by atoms with Crippen LogP contribution in [-0.4, -0.2) is 28.7 Å². The number of amides is 1. The maximum Gasteiger partial charge on any atom is 0.435 e. The second kappa shape index (κ2) is 8.00. The highest BCUT2D eigenvalue weighted by molar-refractivity contribution is 7.17. The van der Waals surface area contributed by atoms with Crippen molar-refractivity contribution in [1.82, 2.24) is 4.98 Å². The molecule has 1 amide bonds. The molecule has 0 fully saturated rings. The molecule has 0 saturated heterocycles. The maximum absolute atomic E-state index is 13.0. The topological polar surface area (TPSA) is 79.7 Å². The first-order valence-corrected chi connectivity index (χ1v) is 7.96. The molecule has 26 heavy (non-hydrogen) atoms. The summed E-state index contributed by atoms with van der Waals surface area (Å²) in [6.07, 6.45) is -4.66. The van der Waals surface area contributed by atoms with Crippen LogP contribution in [0.15, 0.2) is 43.0 Å². The van der Waals surface area contributed by atoms with E-state index >= 15 is 0 Å². The summed E-state index contributed by atoms with van der Waals surface area (Å²) in [5.74, 6) is -1.78. The smallest absolute Gasteiger partial charge is 0.435 e. The van der Waals surface area contributed by atoms with Gasteiger partial charge in [-0.05, 0) is 5.56 Å². The van der Waals surface area contributed by atoms with Crippen molar-refractivity contribution in [3.63, 3.8) is 0 Å². The summed E-state index contributed by atoms with van der Waals surface area (Å²) < 4.78 is 44.0. The van der Waals surface area contributed by atoms with E-state index in [0.29, 0.717) is 5.56 Å². The fourth-order valence-electron chi connectivity index (χ4n) is 1.92. The van der Waals surface area contributed by atoms with Crippen LogP contribution in [0.1, 0.15) is 20.9 Å². The summed E-state index contributed by atoms with van der Waals surface area (Å²) in [5, 5.41) is 8.52. The van der Waals surface area contributed by atoms with E-state index < -0.39 is 33.9 Å². The van der Waals surface area contributed by atoms with Crippen LogP contribution in [0.5, 0.6) is 0 Å². The maximum atomic E-state index is 13.0. The summed E-state index contributed by atoms with van der Waals surface area (Å²) in [5.41, 5.74) is -0.879. The van der Waals surface area contributed by atoms with Crippen LogP contribution in [0.3, 0.4) is 0 Å². The molecule has 2 aromatic rings. The highest BCUT2D eigenvalue weighted by atomic mass is 32.1. The Bertz CT molecular complexity index is 806. The van der Waals surface area contributed by atoms with Crippen molar-refractivity contribution in [1.29, 1.82) is 0 Å². The molecule has 2 rings (SSSR count). The van der Waals surface area contributed by atoms with Gasteiger partial charge in [-0.3, -0.25) is 0 Å². The summed E-state index contributed by atoms with van der Waals surface area (Å²) in [6, 6.07) is 8.66. The number of hydrogen-bond donors (Lipinski definition) is 1. The van der Waals surface area contributed by atoms with Crippen LogP contribution in [0.2, 0.25) is 0 Å². The van der Waals surface area contributed by atoms with Crippen LogP contribution in [0.4, 0.5) is 23.1 Å². The zero-order chi connectivity index (χ0) is 19.3. The summed E-state index contributed by atoms with van der Waals surface area (Å²) in [7, 11) is 0. The molecular formula is C16H13F3N2O4S. The van der Waals surface area contributed by atoms with E-state index in [-0.39, 0.29) is 24.5 Å². The molecule has 0 spiro atoms. The van der Waals surface area contributed by atoms with E-state index in [1.54, 1.807) is 30.3 Å². The molecule has 0 saturated carbocycles. The number of aromatic nitrogens is 1. The Morgan fingerprint density at radius 1 is 1.31 bits per heavy atom. The number of benzene rings is 1. The van der Waals surface area contributed by atoms with Gasteiger partial charge in [0.15, 0.2) is 10.8 Å². The first kappa shape index (κ1) is 19.4. The third-order valence-electron chi connectivity index (χ3n) is 3.05. The number of alkyl halides is 3. The normalized spacial score (nSPS) is 11.0. The zero-order valence-corrected chi connectivity index (χ0v) is 14.0. The fourth-order valence-corrected chi connectivity index (χ4v) is 2.84. The number of carboxylic acids is 1. The Labute approximate surface area is 150 Å². The lowest BCUT2D eigenvalue weighted by Gasteiger charge is -2.17. The van der Waals surface area contributed by atoms with Crippen LogP contribution in [-0.2, 0) is 17.5 Å². The van der Waals surface area contributed by atoms with Gasteiger partial charge in [0.25, 0.3) is 0 Å². The first-order chi connectivity index (χ1) is 12.2. The van der Waals surface area contributed by atoms with E-state index in [1.165, 1.54) is 6.08 Å². The van der Waals surface area contributed by atoms with E-state index in [9.17, 15) is 22.8 Å². The van der Waals surface area contributed by atoms with Gasteiger partial charge in [0, 0.05) is 6.54 Å². The third-order valence-corrected chi connectivity index (χ3v) is 4.11. The Balaban J connectivity index is 2.27. The predicted molar refractivity (Wildman–Crippen MR) is 88.2 cm³/mol. The number of carbonyl (C=O) groups is 2. The molecule has 0 bridgehead atoms. The van der Waals surface area contributed by atoms with Crippen LogP contribution < -0.4 is 4.90 Å². The van der Waals surface area contributed by atoms with Crippen LogP contribution in [0, 0.1) is 0 Å². The fraction of sp³-hybridized carbons (Fsp3) is 0.188. The average Bonchev–Trinajstić information content (AvgIpc) is 3.04. The molecule has 10 heteroatoms. The molecule has 138 valence electrons. The van der Waals surface area contributed by atoms with E-state index in [1.807, 2.05) is 0 Å². The minimum atomic E-state index is -4.96. The third kappa shape index (κ3) is 4.60. The minimum absolute atomic E-state index is 0.101. The molecule has 0 aliphatic carbocycles. The molecular weight excluding hydrogens is 373 g/mol. The number of halogens is 3. The Kier molecular flexibility index (Phi) is 5.98.